The average Bonchev–Trinajstić information content (AvgIpc) is 2.65. The minimum absolute atomic E-state index is 0.0666. The molecule has 3 aliphatic rings. The second-order valence-electron chi connectivity index (χ2n) is 9.02. The van der Waals surface area contributed by atoms with Crippen LogP contribution in [0.3, 0.4) is 0 Å². The second-order valence-corrected chi connectivity index (χ2v) is 9.02. The molecule has 2 amide bonds. The van der Waals surface area contributed by atoms with Crippen molar-refractivity contribution >= 4 is 6.03 Å². The minimum Gasteiger partial charge on any atom is -0.335 e. The van der Waals surface area contributed by atoms with Gasteiger partial charge in [0.1, 0.15) is 0 Å². The highest BCUT2D eigenvalue weighted by Gasteiger charge is 2.38. The lowest BCUT2D eigenvalue weighted by molar-refractivity contribution is 0.0196. The summed E-state index contributed by atoms with van der Waals surface area (Å²) in [7, 11) is 0. The van der Waals surface area contributed by atoms with Gasteiger partial charge in [-0.1, -0.05) is 55.5 Å². The molecule has 27 heavy (non-hydrogen) atoms. The van der Waals surface area contributed by atoms with E-state index in [2.05, 4.69) is 46.7 Å². The number of nitrogens with zero attached hydrogens (tertiary/aromatic N) is 1. The van der Waals surface area contributed by atoms with Crippen molar-refractivity contribution in [3.63, 3.8) is 0 Å². The standard InChI is InChI=1S/C23H35N3O/c1-17-10-12-18(13-11-17)16-26-21-8-5-9-22(26)15-20(14-21)25-23(27)24-19-6-3-2-4-7-19/h10-13,19-22H,2-9,14-16H2,1H3,(H2,24,25,27)/t21-,22-/m0/s1. The van der Waals surface area contributed by atoms with Crippen LogP contribution in [0.4, 0.5) is 4.79 Å². The number of nitrogens with one attached hydrogen (secondary N) is 2. The molecule has 0 radical (unpaired) electrons. The van der Waals surface area contributed by atoms with Gasteiger partial charge in [-0.05, 0) is 51.0 Å². The van der Waals surface area contributed by atoms with Gasteiger partial charge in [0.05, 0.1) is 0 Å². The van der Waals surface area contributed by atoms with E-state index in [1.54, 1.807) is 0 Å². The summed E-state index contributed by atoms with van der Waals surface area (Å²) in [6.07, 6.45) is 12.2. The number of rotatable bonds is 4. The summed E-state index contributed by atoms with van der Waals surface area (Å²) >= 11 is 0. The maximum absolute atomic E-state index is 12.5. The number of urea groups is 1. The molecule has 3 fully saturated rings. The highest BCUT2D eigenvalue weighted by Crippen LogP contribution is 2.35. The Morgan fingerprint density at radius 2 is 1.52 bits per heavy atom. The van der Waals surface area contributed by atoms with Crippen LogP contribution in [0.15, 0.2) is 24.3 Å². The molecule has 2 aliphatic heterocycles. The number of aryl methyl sites for hydroxylation is 1. The first kappa shape index (κ1) is 18.8. The largest absolute Gasteiger partial charge is 0.335 e. The topological polar surface area (TPSA) is 44.4 Å². The number of amides is 2. The number of carbonyl (C=O) groups is 1. The first-order valence-corrected chi connectivity index (χ1v) is 11.1. The van der Waals surface area contributed by atoms with E-state index in [1.165, 1.54) is 49.7 Å². The Hall–Kier alpha value is -1.55. The van der Waals surface area contributed by atoms with Crippen LogP contribution in [0, 0.1) is 6.92 Å². The molecule has 4 nitrogen and oxygen atoms in total. The number of fused-ring (bicyclic) bond motifs is 2. The maximum atomic E-state index is 12.5. The van der Waals surface area contributed by atoms with E-state index in [0.717, 1.165) is 32.2 Å². The Kier molecular flexibility index (Phi) is 6.01. The number of benzene rings is 1. The summed E-state index contributed by atoms with van der Waals surface area (Å²) in [5.41, 5.74) is 2.74. The molecule has 1 aromatic carbocycles. The molecular weight excluding hydrogens is 334 g/mol. The molecule has 4 rings (SSSR count). The van der Waals surface area contributed by atoms with E-state index in [1.807, 2.05) is 0 Å². The molecule has 2 atom stereocenters. The molecule has 2 saturated heterocycles. The minimum atomic E-state index is 0.0666. The summed E-state index contributed by atoms with van der Waals surface area (Å²) in [5, 5.41) is 6.53. The van der Waals surface area contributed by atoms with Crippen LogP contribution in [0.25, 0.3) is 0 Å². The predicted molar refractivity (Wildman–Crippen MR) is 110 cm³/mol. The molecule has 1 saturated carbocycles. The van der Waals surface area contributed by atoms with Gasteiger partial charge in [0, 0.05) is 30.7 Å². The molecule has 148 valence electrons. The van der Waals surface area contributed by atoms with Crippen molar-refractivity contribution < 1.29 is 4.79 Å². The van der Waals surface area contributed by atoms with Crippen molar-refractivity contribution in [2.45, 2.75) is 102 Å². The molecule has 2 heterocycles. The quantitative estimate of drug-likeness (QED) is 0.820. The molecule has 2 bridgehead atoms. The van der Waals surface area contributed by atoms with Crippen LogP contribution in [-0.2, 0) is 6.54 Å². The SMILES string of the molecule is Cc1ccc(CN2[C@H]3CCC[C@H]2CC(NC(=O)NC2CCCCC2)C3)cc1. The molecule has 0 unspecified atom stereocenters. The van der Waals surface area contributed by atoms with Crippen LogP contribution < -0.4 is 10.6 Å². The zero-order chi connectivity index (χ0) is 18.6. The third kappa shape index (κ3) is 4.84. The lowest BCUT2D eigenvalue weighted by Crippen LogP contribution is -2.58. The predicted octanol–water partition coefficient (Wildman–Crippen LogP) is 4.51. The van der Waals surface area contributed by atoms with E-state index in [4.69, 9.17) is 0 Å². The third-order valence-electron chi connectivity index (χ3n) is 6.89. The van der Waals surface area contributed by atoms with Crippen molar-refractivity contribution in [2.24, 2.45) is 0 Å². The van der Waals surface area contributed by atoms with Crippen molar-refractivity contribution in [3.05, 3.63) is 35.4 Å². The zero-order valence-electron chi connectivity index (χ0n) is 16.8. The number of hydrogen-bond acceptors (Lipinski definition) is 2. The van der Waals surface area contributed by atoms with Crippen LogP contribution in [0.5, 0.6) is 0 Å². The summed E-state index contributed by atoms with van der Waals surface area (Å²) in [6.45, 7) is 3.20. The molecule has 0 aromatic heterocycles. The third-order valence-corrected chi connectivity index (χ3v) is 6.89. The Morgan fingerprint density at radius 1 is 0.889 bits per heavy atom. The zero-order valence-corrected chi connectivity index (χ0v) is 16.8. The van der Waals surface area contributed by atoms with Gasteiger partial charge in [-0.3, -0.25) is 4.90 Å². The highest BCUT2D eigenvalue weighted by molar-refractivity contribution is 5.74. The first-order valence-electron chi connectivity index (χ1n) is 11.1. The van der Waals surface area contributed by atoms with E-state index in [-0.39, 0.29) is 6.03 Å². The van der Waals surface area contributed by atoms with Crippen LogP contribution in [-0.4, -0.2) is 35.1 Å². The summed E-state index contributed by atoms with van der Waals surface area (Å²) in [6, 6.07) is 11.0. The lowest BCUT2D eigenvalue weighted by Gasteiger charge is -2.49. The summed E-state index contributed by atoms with van der Waals surface area (Å²) < 4.78 is 0. The highest BCUT2D eigenvalue weighted by atomic mass is 16.2. The van der Waals surface area contributed by atoms with Crippen LogP contribution in [0.1, 0.15) is 75.3 Å². The maximum Gasteiger partial charge on any atom is 0.315 e. The lowest BCUT2D eigenvalue weighted by atomic mass is 9.81. The van der Waals surface area contributed by atoms with E-state index >= 15 is 0 Å². The average molecular weight is 370 g/mol. The van der Waals surface area contributed by atoms with Gasteiger partial charge >= 0.3 is 6.03 Å². The number of piperidine rings is 2. The van der Waals surface area contributed by atoms with Gasteiger partial charge in [-0.25, -0.2) is 4.79 Å². The molecule has 4 heteroatoms. The molecular formula is C23H35N3O. The van der Waals surface area contributed by atoms with Gasteiger partial charge in [0.15, 0.2) is 0 Å². The van der Waals surface area contributed by atoms with Crippen molar-refractivity contribution in [2.75, 3.05) is 0 Å². The van der Waals surface area contributed by atoms with Gasteiger partial charge in [0.25, 0.3) is 0 Å². The fraction of sp³-hybridized carbons (Fsp3) is 0.696. The Morgan fingerprint density at radius 3 is 2.19 bits per heavy atom. The smallest absolute Gasteiger partial charge is 0.315 e. The number of hydrogen-bond donors (Lipinski definition) is 2. The van der Waals surface area contributed by atoms with Gasteiger partial charge in [-0.2, -0.15) is 0 Å². The Bertz CT molecular complexity index is 609. The van der Waals surface area contributed by atoms with Gasteiger partial charge in [0.2, 0.25) is 0 Å². The van der Waals surface area contributed by atoms with Crippen molar-refractivity contribution in [1.29, 1.82) is 0 Å². The first-order chi connectivity index (χ1) is 13.2. The van der Waals surface area contributed by atoms with Crippen molar-refractivity contribution in [1.82, 2.24) is 15.5 Å². The molecule has 0 spiro atoms. The number of carbonyl (C=O) groups excluding carboxylic acids is 1. The fourth-order valence-electron chi connectivity index (χ4n) is 5.42. The molecule has 1 aliphatic carbocycles. The van der Waals surface area contributed by atoms with E-state index in [9.17, 15) is 4.79 Å². The second kappa shape index (κ2) is 8.64. The Balaban J connectivity index is 1.32. The van der Waals surface area contributed by atoms with Gasteiger partial charge in [-0.15, -0.1) is 0 Å². The summed E-state index contributed by atoms with van der Waals surface area (Å²) in [4.78, 5) is 15.2. The normalized spacial score (nSPS) is 29.3. The van der Waals surface area contributed by atoms with Crippen LogP contribution >= 0.6 is 0 Å². The Labute approximate surface area is 164 Å². The summed E-state index contributed by atoms with van der Waals surface area (Å²) in [5.74, 6) is 0. The van der Waals surface area contributed by atoms with E-state index in [0.29, 0.717) is 24.2 Å². The molecule has 1 aromatic rings. The van der Waals surface area contributed by atoms with E-state index < -0.39 is 0 Å². The fourth-order valence-corrected chi connectivity index (χ4v) is 5.42. The van der Waals surface area contributed by atoms with Crippen molar-refractivity contribution in [3.8, 4) is 0 Å². The van der Waals surface area contributed by atoms with Crippen LogP contribution in [0.2, 0.25) is 0 Å². The monoisotopic (exact) mass is 369 g/mol. The molecule has 2 N–H and O–H groups in total. The van der Waals surface area contributed by atoms with Gasteiger partial charge < -0.3 is 10.6 Å².